The standard InChI is InChI=1S/C20H17NO2/c22-15-10-8-13(9-11-15)16-6-3-7-18(23)19(16)20-17-5-2-1-4-14(17)12-21-20/h1-11,20-23H,12H2. The van der Waals surface area contributed by atoms with Crippen LogP contribution in [-0.2, 0) is 6.54 Å². The summed E-state index contributed by atoms with van der Waals surface area (Å²) in [5, 5.41) is 23.5. The van der Waals surface area contributed by atoms with Crippen LogP contribution in [0, 0.1) is 0 Å². The Labute approximate surface area is 134 Å². The highest BCUT2D eigenvalue weighted by Gasteiger charge is 2.27. The molecule has 0 aromatic heterocycles. The Morgan fingerprint density at radius 1 is 0.826 bits per heavy atom. The van der Waals surface area contributed by atoms with Crippen LogP contribution in [0.3, 0.4) is 0 Å². The zero-order chi connectivity index (χ0) is 15.8. The molecule has 3 N–H and O–H groups in total. The first-order valence-electron chi connectivity index (χ1n) is 7.66. The van der Waals surface area contributed by atoms with E-state index in [2.05, 4.69) is 17.4 Å². The molecule has 0 amide bonds. The maximum Gasteiger partial charge on any atom is 0.121 e. The van der Waals surface area contributed by atoms with Gasteiger partial charge in [-0.25, -0.2) is 0 Å². The Kier molecular flexibility index (Phi) is 3.28. The zero-order valence-electron chi connectivity index (χ0n) is 12.5. The quantitative estimate of drug-likeness (QED) is 0.671. The van der Waals surface area contributed by atoms with Crippen molar-refractivity contribution in [2.45, 2.75) is 12.6 Å². The fourth-order valence-electron chi connectivity index (χ4n) is 3.31. The summed E-state index contributed by atoms with van der Waals surface area (Å²) in [5.74, 6) is 0.518. The molecule has 3 heteroatoms. The van der Waals surface area contributed by atoms with Crippen LogP contribution in [0.15, 0.2) is 66.7 Å². The predicted molar refractivity (Wildman–Crippen MR) is 90.3 cm³/mol. The Balaban J connectivity index is 1.88. The molecule has 1 aliphatic heterocycles. The molecule has 3 aromatic rings. The van der Waals surface area contributed by atoms with Gasteiger partial charge in [-0.3, -0.25) is 0 Å². The molecule has 0 aliphatic carbocycles. The number of nitrogens with one attached hydrogen (secondary N) is 1. The Morgan fingerprint density at radius 3 is 2.43 bits per heavy atom. The highest BCUT2D eigenvalue weighted by molar-refractivity contribution is 5.72. The van der Waals surface area contributed by atoms with Crippen molar-refractivity contribution >= 4 is 0 Å². The van der Waals surface area contributed by atoms with Crippen molar-refractivity contribution in [3.8, 4) is 22.6 Å². The number of hydrogen-bond acceptors (Lipinski definition) is 3. The van der Waals surface area contributed by atoms with E-state index in [1.165, 1.54) is 11.1 Å². The highest BCUT2D eigenvalue weighted by atomic mass is 16.3. The van der Waals surface area contributed by atoms with Crippen molar-refractivity contribution in [1.29, 1.82) is 0 Å². The van der Waals surface area contributed by atoms with Crippen LogP contribution in [-0.4, -0.2) is 10.2 Å². The lowest BCUT2D eigenvalue weighted by Gasteiger charge is -2.19. The topological polar surface area (TPSA) is 52.5 Å². The number of hydrogen-bond donors (Lipinski definition) is 3. The second-order valence-electron chi connectivity index (χ2n) is 5.80. The van der Waals surface area contributed by atoms with Crippen molar-refractivity contribution in [2.75, 3.05) is 0 Å². The molecule has 1 heterocycles. The van der Waals surface area contributed by atoms with Crippen LogP contribution in [0.25, 0.3) is 11.1 Å². The monoisotopic (exact) mass is 303 g/mol. The van der Waals surface area contributed by atoms with Gasteiger partial charge in [-0.1, -0.05) is 48.5 Å². The minimum atomic E-state index is -0.0313. The number of rotatable bonds is 2. The SMILES string of the molecule is Oc1ccc(-c2cccc(O)c2C2NCc3ccccc32)cc1. The zero-order valence-corrected chi connectivity index (χ0v) is 12.5. The third kappa shape index (κ3) is 2.35. The van der Waals surface area contributed by atoms with Gasteiger partial charge in [0.05, 0.1) is 6.04 Å². The first-order valence-corrected chi connectivity index (χ1v) is 7.66. The van der Waals surface area contributed by atoms with Crippen molar-refractivity contribution in [3.63, 3.8) is 0 Å². The van der Waals surface area contributed by atoms with Gasteiger partial charge >= 0.3 is 0 Å². The van der Waals surface area contributed by atoms with Crippen molar-refractivity contribution in [1.82, 2.24) is 5.32 Å². The molecule has 23 heavy (non-hydrogen) atoms. The van der Waals surface area contributed by atoms with Gasteiger partial charge in [0.15, 0.2) is 0 Å². The summed E-state index contributed by atoms with van der Waals surface area (Å²) in [5.41, 5.74) is 5.29. The molecule has 0 saturated heterocycles. The summed E-state index contributed by atoms with van der Waals surface area (Å²) in [6, 6.07) is 20.9. The molecule has 3 aromatic carbocycles. The summed E-state index contributed by atoms with van der Waals surface area (Å²) in [6.07, 6.45) is 0. The summed E-state index contributed by atoms with van der Waals surface area (Å²) in [7, 11) is 0. The van der Waals surface area contributed by atoms with Crippen molar-refractivity contribution < 1.29 is 10.2 Å². The summed E-state index contributed by atoms with van der Waals surface area (Å²) < 4.78 is 0. The number of phenols is 2. The average molecular weight is 303 g/mol. The molecule has 1 unspecified atom stereocenters. The average Bonchev–Trinajstić information content (AvgIpc) is 2.99. The molecule has 4 rings (SSSR count). The molecule has 3 nitrogen and oxygen atoms in total. The van der Waals surface area contributed by atoms with E-state index >= 15 is 0 Å². The lowest BCUT2D eigenvalue weighted by molar-refractivity contribution is 0.461. The van der Waals surface area contributed by atoms with E-state index in [1.807, 2.05) is 36.4 Å². The molecule has 0 fully saturated rings. The maximum atomic E-state index is 10.5. The first-order chi connectivity index (χ1) is 11.2. The molecule has 1 aliphatic rings. The third-order valence-corrected chi connectivity index (χ3v) is 4.41. The molecule has 0 radical (unpaired) electrons. The van der Waals surface area contributed by atoms with Crippen LogP contribution < -0.4 is 5.32 Å². The smallest absolute Gasteiger partial charge is 0.121 e. The Bertz CT molecular complexity index is 856. The number of aromatic hydroxyl groups is 2. The maximum absolute atomic E-state index is 10.5. The molecule has 0 spiro atoms. The first kappa shape index (κ1) is 13.9. The van der Waals surface area contributed by atoms with E-state index in [0.29, 0.717) is 0 Å². The van der Waals surface area contributed by atoms with Gasteiger partial charge in [0.1, 0.15) is 11.5 Å². The minimum absolute atomic E-state index is 0.0313. The van der Waals surface area contributed by atoms with E-state index < -0.39 is 0 Å². The van der Waals surface area contributed by atoms with Crippen molar-refractivity contribution in [2.24, 2.45) is 0 Å². The van der Waals surface area contributed by atoms with E-state index in [-0.39, 0.29) is 17.5 Å². The van der Waals surface area contributed by atoms with Gasteiger partial charge < -0.3 is 15.5 Å². The Hall–Kier alpha value is -2.78. The predicted octanol–water partition coefficient (Wildman–Crippen LogP) is 3.96. The largest absolute Gasteiger partial charge is 0.508 e. The fraction of sp³-hybridized carbons (Fsp3) is 0.100. The molecule has 0 saturated carbocycles. The van der Waals surface area contributed by atoms with Crippen LogP contribution >= 0.6 is 0 Å². The van der Waals surface area contributed by atoms with Gasteiger partial charge in [0.25, 0.3) is 0 Å². The van der Waals surface area contributed by atoms with Crippen LogP contribution in [0.1, 0.15) is 22.7 Å². The van der Waals surface area contributed by atoms with Gasteiger partial charge in [-0.15, -0.1) is 0 Å². The molecule has 1 atom stereocenters. The minimum Gasteiger partial charge on any atom is -0.508 e. The van der Waals surface area contributed by atoms with Gasteiger partial charge in [-0.2, -0.15) is 0 Å². The van der Waals surface area contributed by atoms with E-state index in [9.17, 15) is 10.2 Å². The Morgan fingerprint density at radius 2 is 1.61 bits per heavy atom. The van der Waals surface area contributed by atoms with Gasteiger partial charge in [0, 0.05) is 12.1 Å². The van der Waals surface area contributed by atoms with Gasteiger partial charge in [-0.05, 0) is 40.5 Å². The lowest BCUT2D eigenvalue weighted by atomic mass is 9.90. The number of fused-ring (bicyclic) bond motifs is 1. The van der Waals surface area contributed by atoms with E-state index in [1.54, 1.807) is 18.2 Å². The number of phenolic OH excluding ortho intramolecular Hbond substituents is 2. The normalized spacial score (nSPS) is 16.3. The second kappa shape index (κ2) is 5.45. The molecular weight excluding hydrogens is 286 g/mol. The number of benzene rings is 3. The molecular formula is C20H17NO2. The summed E-state index contributed by atoms with van der Waals surface area (Å²) >= 11 is 0. The fourth-order valence-corrected chi connectivity index (χ4v) is 3.31. The second-order valence-corrected chi connectivity index (χ2v) is 5.80. The highest BCUT2D eigenvalue weighted by Crippen LogP contribution is 2.41. The van der Waals surface area contributed by atoms with Crippen LogP contribution in [0.2, 0.25) is 0 Å². The molecule has 114 valence electrons. The third-order valence-electron chi connectivity index (χ3n) is 4.41. The van der Waals surface area contributed by atoms with Crippen LogP contribution in [0.4, 0.5) is 0 Å². The van der Waals surface area contributed by atoms with Gasteiger partial charge in [0.2, 0.25) is 0 Å². The summed E-state index contributed by atoms with van der Waals surface area (Å²) in [4.78, 5) is 0. The van der Waals surface area contributed by atoms with E-state index in [0.717, 1.165) is 23.2 Å². The van der Waals surface area contributed by atoms with E-state index in [4.69, 9.17) is 0 Å². The van der Waals surface area contributed by atoms with Crippen LogP contribution in [0.5, 0.6) is 11.5 Å². The molecule has 0 bridgehead atoms. The lowest BCUT2D eigenvalue weighted by Crippen LogP contribution is -2.14. The van der Waals surface area contributed by atoms with Crippen molar-refractivity contribution in [3.05, 3.63) is 83.4 Å². The summed E-state index contributed by atoms with van der Waals surface area (Å²) in [6.45, 7) is 0.796.